The van der Waals surface area contributed by atoms with E-state index in [9.17, 15) is 9.59 Å². The highest BCUT2D eigenvalue weighted by Gasteiger charge is 2.24. The Morgan fingerprint density at radius 2 is 1.82 bits per heavy atom. The molecule has 144 valence electrons. The standard InChI is InChI=1S/C19H19N5O3S/c25-16(20-19-22-21-17(28-19)14-5-2-1-3-6-14)13-23-8-10-24(11-9-23)18(26)15-7-4-12-27-15/h1-7,12H,8-11,13H2,(H,20,22,25). The lowest BCUT2D eigenvalue weighted by Gasteiger charge is -2.33. The number of hydrogen-bond acceptors (Lipinski definition) is 7. The second kappa shape index (κ2) is 8.32. The fourth-order valence-electron chi connectivity index (χ4n) is 3.00. The molecule has 0 spiro atoms. The summed E-state index contributed by atoms with van der Waals surface area (Å²) in [5.74, 6) is 0.0923. The van der Waals surface area contributed by atoms with Gasteiger partial charge in [0.15, 0.2) is 5.76 Å². The summed E-state index contributed by atoms with van der Waals surface area (Å²) < 4.78 is 5.16. The van der Waals surface area contributed by atoms with E-state index in [1.165, 1.54) is 17.6 Å². The summed E-state index contributed by atoms with van der Waals surface area (Å²) in [6.07, 6.45) is 1.49. The van der Waals surface area contributed by atoms with Crippen LogP contribution in [0.5, 0.6) is 0 Å². The lowest BCUT2D eigenvalue weighted by Crippen LogP contribution is -2.50. The molecule has 8 nitrogen and oxygen atoms in total. The Balaban J connectivity index is 1.26. The van der Waals surface area contributed by atoms with Crippen molar-refractivity contribution >= 4 is 28.3 Å². The molecule has 9 heteroatoms. The topological polar surface area (TPSA) is 91.6 Å². The van der Waals surface area contributed by atoms with Crippen molar-refractivity contribution in [3.63, 3.8) is 0 Å². The number of anilines is 1. The van der Waals surface area contributed by atoms with E-state index < -0.39 is 0 Å². The quantitative estimate of drug-likeness (QED) is 0.710. The molecular weight excluding hydrogens is 378 g/mol. The molecule has 3 heterocycles. The molecule has 0 bridgehead atoms. The van der Waals surface area contributed by atoms with Gasteiger partial charge in [0.05, 0.1) is 12.8 Å². The van der Waals surface area contributed by atoms with Gasteiger partial charge in [-0.05, 0) is 12.1 Å². The summed E-state index contributed by atoms with van der Waals surface area (Å²) in [7, 11) is 0. The summed E-state index contributed by atoms with van der Waals surface area (Å²) in [6.45, 7) is 2.63. The van der Waals surface area contributed by atoms with Gasteiger partial charge in [-0.1, -0.05) is 41.7 Å². The molecule has 2 amide bonds. The molecule has 1 fully saturated rings. The van der Waals surface area contributed by atoms with E-state index in [0.29, 0.717) is 37.1 Å². The lowest BCUT2D eigenvalue weighted by molar-refractivity contribution is -0.117. The maximum absolute atomic E-state index is 12.3. The fourth-order valence-corrected chi connectivity index (χ4v) is 3.76. The van der Waals surface area contributed by atoms with Crippen LogP contribution in [0.1, 0.15) is 10.6 Å². The van der Waals surface area contributed by atoms with Crippen molar-refractivity contribution in [3.8, 4) is 10.6 Å². The number of amides is 2. The third-order valence-corrected chi connectivity index (χ3v) is 5.34. The molecule has 3 aromatic rings. The Kier molecular flexibility index (Phi) is 5.45. The maximum atomic E-state index is 12.3. The fraction of sp³-hybridized carbons (Fsp3) is 0.263. The minimum Gasteiger partial charge on any atom is -0.459 e. The van der Waals surface area contributed by atoms with Gasteiger partial charge < -0.3 is 9.32 Å². The van der Waals surface area contributed by atoms with Crippen LogP contribution < -0.4 is 5.32 Å². The van der Waals surface area contributed by atoms with Gasteiger partial charge in [-0.25, -0.2) is 0 Å². The maximum Gasteiger partial charge on any atom is 0.289 e. The van der Waals surface area contributed by atoms with Gasteiger partial charge in [0.2, 0.25) is 11.0 Å². The normalized spacial score (nSPS) is 14.8. The third-order valence-electron chi connectivity index (χ3n) is 4.45. The Labute approximate surface area is 165 Å². The minimum absolute atomic E-state index is 0.114. The predicted octanol–water partition coefficient (Wildman–Crippen LogP) is 2.19. The van der Waals surface area contributed by atoms with Crippen LogP contribution in [0.3, 0.4) is 0 Å². The molecule has 0 saturated carbocycles. The monoisotopic (exact) mass is 397 g/mol. The van der Waals surface area contributed by atoms with Crippen molar-refractivity contribution in [2.75, 3.05) is 38.0 Å². The number of nitrogens with one attached hydrogen (secondary N) is 1. The van der Waals surface area contributed by atoms with Crippen LogP contribution in [-0.2, 0) is 4.79 Å². The number of aromatic nitrogens is 2. The molecule has 1 N–H and O–H groups in total. The first-order chi connectivity index (χ1) is 13.7. The summed E-state index contributed by atoms with van der Waals surface area (Å²) in [4.78, 5) is 28.3. The highest BCUT2D eigenvalue weighted by atomic mass is 32.1. The van der Waals surface area contributed by atoms with Gasteiger partial charge in [0.25, 0.3) is 5.91 Å². The van der Waals surface area contributed by atoms with Crippen molar-refractivity contribution in [3.05, 3.63) is 54.5 Å². The first-order valence-electron chi connectivity index (χ1n) is 8.93. The average molecular weight is 397 g/mol. The van der Waals surface area contributed by atoms with E-state index >= 15 is 0 Å². The van der Waals surface area contributed by atoms with Crippen LogP contribution in [0.4, 0.5) is 5.13 Å². The van der Waals surface area contributed by atoms with Crippen molar-refractivity contribution in [1.82, 2.24) is 20.0 Å². The third kappa shape index (κ3) is 4.26. The number of hydrogen-bond donors (Lipinski definition) is 1. The molecule has 4 rings (SSSR count). The Bertz CT molecular complexity index is 934. The average Bonchev–Trinajstić information content (AvgIpc) is 3.41. The van der Waals surface area contributed by atoms with E-state index in [0.717, 1.165) is 10.6 Å². The summed E-state index contributed by atoms with van der Waals surface area (Å²) in [5.41, 5.74) is 0.970. The van der Waals surface area contributed by atoms with Gasteiger partial charge in [-0.15, -0.1) is 10.2 Å². The molecule has 0 unspecified atom stereocenters. The molecule has 1 saturated heterocycles. The van der Waals surface area contributed by atoms with Crippen LogP contribution in [0.15, 0.2) is 53.1 Å². The van der Waals surface area contributed by atoms with Crippen LogP contribution in [0, 0.1) is 0 Å². The summed E-state index contributed by atoms with van der Waals surface area (Å²) >= 11 is 1.34. The summed E-state index contributed by atoms with van der Waals surface area (Å²) in [5, 5.41) is 12.2. The molecule has 1 aliphatic rings. The molecule has 0 atom stereocenters. The van der Waals surface area contributed by atoms with Crippen LogP contribution >= 0.6 is 11.3 Å². The van der Waals surface area contributed by atoms with Crippen molar-refractivity contribution in [2.45, 2.75) is 0 Å². The van der Waals surface area contributed by atoms with E-state index in [4.69, 9.17) is 4.42 Å². The number of rotatable bonds is 5. The molecule has 2 aromatic heterocycles. The second-order valence-corrected chi connectivity index (χ2v) is 7.35. The van der Waals surface area contributed by atoms with Gasteiger partial charge in [0.1, 0.15) is 5.01 Å². The smallest absolute Gasteiger partial charge is 0.289 e. The number of piperazine rings is 1. The number of carbonyl (C=O) groups excluding carboxylic acids is 2. The SMILES string of the molecule is O=C(CN1CCN(C(=O)c2ccco2)CC1)Nc1nnc(-c2ccccc2)s1. The number of furan rings is 1. The Morgan fingerprint density at radius 1 is 1.04 bits per heavy atom. The van der Waals surface area contributed by atoms with Crippen LogP contribution in [0.2, 0.25) is 0 Å². The minimum atomic E-state index is -0.137. The van der Waals surface area contributed by atoms with E-state index in [2.05, 4.69) is 15.5 Å². The first kappa shape index (κ1) is 18.3. The summed E-state index contributed by atoms with van der Waals surface area (Å²) in [6, 6.07) is 13.1. The number of nitrogens with zero attached hydrogens (tertiary/aromatic N) is 4. The highest BCUT2D eigenvalue weighted by Crippen LogP contribution is 2.25. The Hall–Kier alpha value is -3.04. The molecule has 1 aromatic carbocycles. The van der Waals surface area contributed by atoms with Gasteiger partial charge in [0, 0.05) is 31.7 Å². The Morgan fingerprint density at radius 3 is 2.54 bits per heavy atom. The zero-order valence-electron chi connectivity index (χ0n) is 15.1. The highest BCUT2D eigenvalue weighted by molar-refractivity contribution is 7.18. The molecule has 0 aliphatic carbocycles. The predicted molar refractivity (Wildman–Crippen MR) is 105 cm³/mol. The largest absolute Gasteiger partial charge is 0.459 e. The van der Waals surface area contributed by atoms with Gasteiger partial charge in [-0.3, -0.25) is 19.8 Å². The number of carbonyl (C=O) groups is 2. The van der Waals surface area contributed by atoms with Crippen LogP contribution in [0.25, 0.3) is 10.6 Å². The zero-order chi connectivity index (χ0) is 19.3. The van der Waals surface area contributed by atoms with Crippen molar-refractivity contribution < 1.29 is 14.0 Å². The van der Waals surface area contributed by atoms with E-state index in [1.807, 2.05) is 35.2 Å². The zero-order valence-corrected chi connectivity index (χ0v) is 15.9. The van der Waals surface area contributed by atoms with Gasteiger partial charge in [-0.2, -0.15) is 0 Å². The lowest BCUT2D eigenvalue weighted by atomic mass is 10.2. The molecule has 1 aliphatic heterocycles. The van der Waals surface area contributed by atoms with Crippen LogP contribution in [-0.4, -0.2) is 64.5 Å². The van der Waals surface area contributed by atoms with Crippen molar-refractivity contribution in [2.24, 2.45) is 0 Å². The molecule has 0 radical (unpaired) electrons. The van der Waals surface area contributed by atoms with Gasteiger partial charge >= 0.3 is 0 Å². The van der Waals surface area contributed by atoms with E-state index in [1.54, 1.807) is 17.0 Å². The first-order valence-corrected chi connectivity index (χ1v) is 9.74. The number of benzene rings is 1. The molecular formula is C19H19N5O3S. The van der Waals surface area contributed by atoms with E-state index in [-0.39, 0.29) is 18.4 Å². The second-order valence-electron chi connectivity index (χ2n) is 6.37. The van der Waals surface area contributed by atoms with Crippen molar-refractivity contribution in [1.29, 1.82) is 0 Å². The molecule has 28 heavy (non-hydrogen) atoms.